The molecule has 31 heavy (non-hydrogen) atoms. The summed E-state index contributed by atoms with van der Waals surface area (Å²) >= 11 is 0. The molecule has 0 radical (unpaired) electrons. The standard InChI is InChI=1S/C27H28O3S/c1-15-11-22(27-20(6)19(5)13-24(23(27)12-15)31(28,29)30)14-21-10-9-17(3)25-16(2)7-8-18(4)26(21)25/h7-13H,14H2,1-6H3,(H,28,29,30). The molecule has 0 aliphatic heterocycles. The van der Waals surface area contributed by atoms with Crippen molar-refractivity contribution < 1.29 is 13.0 Å². The minimum Gasteiger partial charge on any atom is -0.282 e. The van der Waals surface area contributed by atoms with Crippen LogP contribution >= 0.6 is 0 Å². The van der Waals surface area contributed by atoms with Crippen LogP contribution < -0.4 is 0 Å². The molecule has 4 heteroatoms. The molecule has 0 aliphatic carbocycles. The van der Waals surface area contributed by atoms with Gasteiger partial charge in [0.15, 0.2) is 0 Å². The van der Waals surface area contributed by atoms with Crippen molar-refractivity contribution in [1.29, 1.82) is 0 Å². The van der Waals surface area contributed by atoms with Crippen molar-refractivity contribution in [3.63, 3.8) is 0 Å². The van der Waals surface area contributed by atoms with Gasteiger partial charge in [0.05, 0.1) is 0 Å². The highest BCUT2D eigenvalue weighted by Crippen LogP contribution is 2.36. The van der Waals surface area contributed by atoms with E-state index in [1.54, 1.807) is 6.07 Å². The second kappa shape index (κ2) is 7.47. The minimum atomic E-state index is -4.33. The first-order chi connectivity index (χ1) is 14.5. The van der Waals surface area contributed by atoms with Gasteiger partial charge in [-0.3, -0.25) is 4.55 Å². The summed E-state index contributed by atoms with van der Waals surface area (Å²) in [5.41, 5.74) is 8.93. The number of hydrogen-bond acceptors (Lipinski definition) is 2. The van der Waals surface area contributed by atoms with Gasteiger partial charge in [0.25, 0.3) is 10.1 Å². The Morgan fingerprint density at radius 3 is 1.87 bits per heavy atom. The van der Waals surface area contributed by atoms with E-state index in [4.69, 9.17) is 0 Å². The van der Waals surface area contributed by atoms with Crippen LogP contribution in [0.3, 0.4) is 0 Å². The first kappa shape index (κ1) is 21.5. The smallest absolute Gasteiger partial charge is 0.282 e. The molecule has 0 heterocycles. The van der Waals surface area contributed by atoms with Gasteiger partial charge >= 0.3 is 0 Å². The van der Waals surface area contributed by atoms with E-state index in [2.05, 4.69) is 51.1 Å². The molecular weight excluding hydrogens is 404 g/mol. The summed E-state index contributed by atoms with van der Waals surface area (Å²) in [6.07, 6.45) is 0.689. The summed E-state index contributed by atoms with van der Waals surface area (Å²) in [5, 5.41) is 4.07. The molecule has 4 aromatic carbocycles. The van der Waals surface area contributed by atoms with Crippen molar-refractivity contribution in [1.82, 2.24) is 0 Å². The molecule has 0 bridgehead atoms. The molecule has 3 nitrogen and oxygen atoms in total. The Morgan fingerprint density at radius 2 is 1.26 bits per heavy atom. The Labute approximate surface area is 184 Å². The Morgan fingerprint density at radius 1 is 0.677 bits per heavy atom. The first-order valence-corrected chi connectivity index (χ1v) is 11.9. The van der Waals surface area contributed by atoms with E-state index >= 15 is 0 Å². The van der Waals surface area contributed by atoms with E-state index in [9.17, 15) is 13.0 Å². The Balaban J connectivity index is 2.07. The summed E-state index contributed by atoms with van der Waals surface area (Å²) in [4.78, 5) is -0.0173. The lowest BCUT2D eigenvalue weighted by atomic mass is 9.87. The fourth-order valence-electron chi connectivity index (χ4n) is 4.91. The van der Waals surface area contributed by atoms with Crippen LogP contribution in [-0.2, 0) is 16.5 Å². The Bertz CT molecular complexity index is 1470. The molecule has 0 spiro atoms. The lowest BCUT2D eigenvalue weighted by Gasteiger charge is -2.18. The molecule has 0 saturated carbocycles. The Hall–Kier alpha value is -2.69. The van der Waals surface area contributed by atoms with Crippen LogP contribution in [0, 0.1) is 41.5 Å². The molecule has 4 rings (SSSR count). The fraction of sp³-hybridized carbons (Fsp3) is 0.259. The van der Waals surface area contributed by atoms with Crippen LogP contribution in [-0.4, -0.2) is 13.0 Å². The van der Waals surface area contributed by atoms with Crippen molar-refractivity contribution in [2.75, 3.05) is 0 Å². The summed E-state index contributed by atoms with van der Waals surface area (Å²) in [6.45, 7) is 12.3. The van der Waals surface area contributed by atoms with Gasteiger partial charge in [0.2, 0.25) is 0 Å². The first-order valence-electron chi connectivity index (χ1n) is 10.5. The zero-order chi connectivity index (χ0) is 22.7. The van der Waals surface area contributed by atoms with Crippen LogP contribution in [0.4, 0.5) is 0 Å². The number of rotatable bonds is 3. The van der Waals surface area contributed by atoms with Crippen LogP contribution in [0.5, 0.6) is 0 Å². The van der Waals surface area contributed by atoms with Crippen molar-refractivity contribution >= 4 is 31.7 Å². The van der Waals surface area contributed by atoms with E-state index in [1.165, 1.54) is 33.0 Å². The zero-order valence-electron chi connectivity index (χ0n) is 18.9. The third-order valence-corrected chi connectivity index (χ3v) is 7.37. The maximum absolute atomic E-state index is 12.1. The fourth-order valence-corrected chi connectivity index (χ4v) is 5.67. The average molecular weight is 433 g/mol. The van der Waals surface area contributed by atoms with E-state index in [1.807, 2.05) is 26.8 Å². The predicted molar refractivity (Wildman–Crippen MR) is 129 cm³/mol. The van der Waals surface area contributed by atoms with Crippen LogP contribution in [0.15, 0.2) is 47.4 Å². The van der Waals surface area contributed by atoms with Crippen molar-refractivity contribution in [3.05, 3.63) is 87.0 Å². The highest BCUT2D eigenvalue weighted by molar-refractivity contribution is 7.86. The molecule has 0 aliphatic rings. The van der Waals surface area contributed by atoms with Gasteiger partial charge in [0.1, 0.15) is 4.90 Å². The van der Waals surface area contributed by atoms with Crippen LogP contribution in [0.25, 0.3) is 21.5 Å². The van der Waals surface area contributed by atoms with Gasteiger partial charge in [-0.15, -0.1) is 0 Å². The SMILES string of the molecule is Cc1cc(Cc2ccc(C)c3c(C)ccc(C)c23)c2c(C)c(C)cc(S(=O)(=O)O)c2c1. The van der Waals surface area contributed by atoms with Gasteiger partial charge in [0, 0.05) is 5.39 Å². The molecule has 4 aromatic rings. The van der Waals surface area contributed by atoms with Crippen molar-refractivity contribution in [2.24, 2.45) is 0 Å². The molecule has 160 valence electrons. The third-order valence-electron chi connectivity index (χ3n) is 6.47. The van der Waals surface area contributed by atoms with E-state index in [0.717, 1.165) is 27.6 Å². The molecular formula is C27H28O3S. The molecule has 0 saturated heterocycles. The number of benzene rings is 4. The Kier molecular flexibility index (Phi) is 5.19. The predicted octanol–water partition coefficient (Wildman–Crippen LogP) is 6.68. The lowest BCUT2D eigenvalue weighted by molar-refractivity contribution is 0.484. The van der Waals surface area contributed by atoms with E-state index in [0.29, 0.717) is 11.8 Å². The summed E-state index contributed by atoms with van der Waals surface area (Å²) in [6, 6.07) is 14.3. The topological polar surface area (TPSA) is 54.4 Å². The minimum absolute atomic E-state index is 0.0173. The van der Waals surface area contributed by atoms with Gasteiger partial charge in [-0.2, -0.15) is 8.42 Å². The second-order valence-electron chi connectivity index (χ2n) is 8.81. The number of aryl methyl sites for hydroxylation is 6. The quantitative estimate of drug-likeness (QED) is 0.367. The van der Waals surface area contributed by atoms with Crippen molar-refractivity contribution in [3.8, 4) is 0 Å². The van der Waals surface area contributed by atoms with E-state index in [-0.39, 0.29) is 4.90 Å². The molecule has 0 aromatic heterocycles. The van der Waals surface area contributed by atoms with Crippen LogP contribution in [0.1, 0.15) is 44.5 Å². The highest BCUT2D eigenvalue weighted by atomic mass is 32.2. The maximum Gasteiger partial charge on any atom is 0.295 e. The largest absolute Gasteiger partial charge is 0.295 e. The second-order valence-corrected chi connectivity index (χ2v) is 10.2. The third kappa shape index (κ3) is 3.64. The number of hydrogen-bond donors (Lipinski definition) is 1. The van der Waals surface area contributed by atoms with Crippen molar-refractivity contribution in [2.45, 2.75) is 52.9 Å². The molecule has 0 amide bonds. The van der Waals surface area contributed by atoms with Crippen LogP contribution in [0.2, 0.25) is 0 Å². The van der Waals surface area contributed by atoms with Gasteiger partial charge in [-0.25, -0.2) is 0 Å². The normalized spacial score (nSPS) is 12.1. The number of fused-ring (bicyclic) bond motifs is 2. The highest BCUT2D eigenvalue weighted by Gasteiger charge is 2.20. The summed E-state index contributed by atoms with van der Waals surface area (Å²) in [5.74, 6) is 0. The molecule has 1 N–H and O–H groups in total. The van der Waals surface area contributed by atoms with Gasteiger partial charge in [-0.05, 0) is 109 Å². The monoisotopic (exact) mass is 432 g/mol. The molecule has 0 atom stereocenters. The van der Waals surface area contributed by atoms with Gasteiger partial charge < -0.3 is 0 Å². The lowest BCUT2D eigenvalue weighted by Crippen LogP contribution is -2.04. The average Bonchev–Trinajstić information content (AvgIpc) is 2.67. The van der Waals surface area contributed by atoms with E-state index < -0.39 is 10.1 Å². The zero-order valence-corrected chi connectivity index (χ0v) is 19.7. The molecule has 0 fully saturated rings. The maximum atomic E-state index is 12.1. The van der Waals surface area contributed by atoms with Gasteiger partial charge in [-0.1, -0.05) is 42.0 Å². The molecule has 0 unspecified atom stereocenters. The summed E-state index contributed by atoms with van der Waals surface area (Å²) < 4.78 is 34.2. The summed E-state index contributed by atoms with van der Waals surface area (Å²) in [7, 11) is -4.33.